The third-order valence-corrected chi connectivity index (χ3v) is 7.51. The number of nitrogens with zero attached hydrogens (tertiary/aromatic N) is 2. The minimum atomic E-state index is -0.594. The molecule has 124 valence electrons. The minimum absolute atomic E-state index is 0.0212. The maximum Gasteiger partial charge on any atom is 0.241 e. The van der Waals surface area contributed by atoms with E-state index in [9.17, 15) is 15.2 Å². The van der Waals surface area contributed by atoms with Gasteiger partial charge in [0.15, 0.2) is 0 Å². The lowest BCUT2D eigenvalue weighted by Gasteiger charge is -2.61. The van der Waals surface area contributed by atoms with Gasteiger partial charge in [-0.05, 0) is 74.5 Å². The van der Waals surface area contributed by atoms with Crippen molar-refractivity contribution < 1.29 is 9.90 Å². The Morgan fingerprint density at radius 1 is 1.22 bits per heavy atom. The van der Waals surface area contributed by atoms with Crippen LogP contribution in [-0.4, -0.2) is 39.6 Å². The standard InChI is InChI=1S/C18H25N3O2/c19-8-13-2-12-3-14(12)21(13)16(22)15(20)17-4-10-1-11(5-17)7-18(23,6-10)9-17/h10-15,23H,1-7,9,20H2/t10-,11-,12-,13+,14-,15-,17?,18?/m1/s1. The van der Waals surface area contributed by atoms with Crippen molar-refractivity contribution >= 4 is 5.91 Å². The lowest BCUT2D eigenvalue weighted by Crippen LogP contribution is -2.64. The van der Waals surface area contributed by atoms with E-state index in [0.29, 0.717) is 24.2 Å². The Morgan fingerprint density at radius 2 is 1.91 bits per heavy atom. The molecule has 6 fully saturated rings. The monoisotopic (exact) mass is 315 g/mol. The summed E-state index contributed by atoms with van der Waals surface area (Å²) in [6, 6.07) is 1.72. The van der Waals surface area contributed by atoms with Gasteiger partial charge < -0.3 is 15.7 Å². The van der Waals surface area contributed by atoms with Gasteiger partial charge in [0.1, 0.15) is 6.04 Å². The van der Waals surface area contributed by atoms with E-state index in [1.165, 1.54) is 6.42 Å². The molecule has 0 spiro atoms. The van der Waals surface area contributed by atoms with E-state index in [0.717, 1.165) is 38.5 Å². The van der Waals surface area contributed by atoms with E-state index in [1.54, 1.807) is 4.90 Å². The lowest BCUT2D eigenvalue weighted by molar-refractivity contribution is -0.177. The van der Waals surface area contributed by atoms with E-state index < -0.39 is 11.6 Å². The Morgan fingerprint density at radius 3 is 2.52 bits per heavy atom. The van der Waals surface area contributed by atoms with Gasteiger partial charge in [0, 0.05) is 6.04 Å². The molecular formula is C18H25N3O2. The number of fused-ring (bicyclic) bond motifs is 1. The molecule has 0 aromatic rings. The van der Waals surface area contributed by atoms with Gasteiger partial charge in [-0.3, -0.25) is 4.79 Å². The van der Waals surface area contributed by atoms with Crippen molar-refractivity contribution in [2.75, 3.05) is 0 Å². The third kappa shape index (κ3) is 1.88. The van der Waals surface area contributed by atoms with Crippen LogP contribution in [0.25, 0.3) is 0 Å². The average molecular weight is 315 g/mol. The average Bonchev–Trinajstić information content (AvgIpc) is 3.14. The molecule has 5 heteroatoms. The van der Waals surface area contributed by atoms with Crippen molar-refractivity contribution in [3.63, 3.8) is 0 Å². The second kappa shape index (κ2) is 4.29. The zero-order chi connectivity index (χ0) is 16.0. The van der Waals surface area contributed by atoms with Crippen molar-refractivity contribution in [2.24, 2.45) is 28.9 Å². The summed E-state index contributed by atoms with van der Waals surface area (Å²) < 4.78 is 0. The summed E-state index contributed by atoms with van der Waals surface area (Å²) in [5.74, 6) is 1.56. The van der Waals surface area contributed by atoms with Crippen LogP contribution in [0, 0.1) is 34.5 Å². The molecule has 0 radical (unpaired) electrons. The van der Waals surface area contributed by atoms with Crippen LogP contribution in [0.1, 0.15) is 51.4 Å². The SMILES string of the molecule is N#C[C@@H]1C[C@@H]2C[C@H]2N1C(=O)[C@@H](N)C12C[C@H]3C[C@@H](CC(O)(C3)C1)C2. The van der Waals surface area contributed by atoms with Gasteiger partial charge in [0.25, 0.3) is 0 Å². The summed E-state index contributed by atoms with van der Waals surface area (Å²) >= 11 is 0. The molecule has 1 aliphatic heterocycles. The van der Waals surface area contributed by atoms with Crippen molar-refractivity contribution in [2.45, 2.75) is 75.1 Å². The van der Waals surface area contributed by atoms with Crippen LogP contribution < -0.4 is 5.73 Å². The maximum absolute atomic E-state index is 13.1. The highest BCUT2D eigenvalue weighted by Crippen LogP contribution is 2.63. The summed E-state index contributed by atoms with van der Waals surface area (Å²) in [6.07, 6.45) is 7.48. The Kier molecular flexibility index (Phi) is 2.65. The third-order valence-electron chi connectivity index (χ3n) is 7.51. The molecule has 5 nitrogen and oxygen atoms in total. The van der Waals surface area contributed by atoms with Gasteiger partial charge in [-0.15, -0.1) is 0 Å². The van der Waals surface area contributed by atoms with Gasteiger partial charge >= 0.3 is 0 Å². The number of amides is 1. The molecule has 1 amide bonds. The largest absolute Gasteiger partial charge is 0.390 e. The predicted octanol–water partition coefficient (Wildman–Crippen LogP) is 1.16. The number of hydrogen-bond donors (Lipinski definition) is 2. The zero-order valence-corrected chi connectivity index (χ0v) is 13.4. The van der Waals surface area contributed by atoms with Gasteiger partial charge in [-0.2, -0.15) is 5.26 Å². The molecule has 0 unspecified atom stereocenters. The van der Waals surface area contributed by atoms with Crippen LogP contribution in [0.2, 0.25) is 0 Å². The molecular weight excluding hydrogens is 290 g/mol. The molecule has 0 aromatic heterocycles. The summed E-state index contributed by atoms with van der Waals surface area (Å²) in [7, 11) is 0. The zero-order valence-electron chi connectivity index (χ0n) is 13.4. The number of carbonyl (C=O) groups excluding carboxylic acids is 1. The molecule has 5 saturated carbocycles. The van der Waals surface area contributed by atoms with Crippen molar-refractivity contribution in [3.05, 3.63) is 0 Å². The van der Waals surface area contributed by atoms with E-state index in [2.05, 4.69) is 6.07 Å². The van der Waals surface area contributed by atoms with Crippen LogP contribution in [-0.2, 0) is 4.79 Å². The summed E-state index contributed by atoms with van der Waals surface area (Å²) in [5, 5.41) is 20.2. The van der Waals surface area contributed by atoms with Crippen molar-refractivity contribution in [3.8, 4) is 6.07 Å². The molecule has 6 atom stereocenters. The molecule has 1 saturated heterocycles. The van der Waals surface area contributed by atoms with E-state index in [1.807, 2.05) is 0 Å². The van der Waals surface area contributed by atoms with Crippen LogP contribution in [0.15, 0.2) is 0 Å². The number of carbonyl (C=O) groups is 1. The fraction of sp³-hybridized carbons (Fsp3) is 0.889. The van der Waals surface area contributed by atoms with Crippen LogP contribution in [0.4, 0.5) is 0 Å². The smallest absolute Gasteiger partial charge is 0.241 e. The Hall–Kier alpha value is -1.12. The second-order valence-corrected chi connectivity index (χ2v) is 9.21. The molecule has 1 heterocycles. The van der Waals surface area contributed by atoms with Crippen LogP contribution >= 0.6 is 0 Å². The number of rotatable bonds is 2. The number of aliphatic hydroxyl groups is 1. The number of nitrogens with two attached hydrogens (primary N) is 1. The molecule has 4 bridgehead atoms. The van der Waals surface area contributed by atoms with Crippen LogP contribution in [0.5, 0.6) is 0 Å². The van der Waals surface area contributed by atoms with Gasteiger partial charge in [-0.1, -0.05) is 0 Å². The Balaban J connectivity index is 1.43. The van der Waals surface area contributed by atoms with Crippen LogP contribution in [0.3, 0.4) is 0 Å². The lowest BCUT2D eigenvalue weighted by atomic mass is 9.46. The molecule has 0 aromatic carbocycles. The Labute approximate surface area is 136 Å². The highest BCUT2D eigenvalue weighted by Gasteiger charge is 2.62. The quantitative estimate of drug-likeness (QED) is 0.800. The first-order chi connectivity index (χ1) is 10.9. The number of hydrogen-bond acceptors (Lipinski definition) is 4. The van der Waals surface area contributed by atoms with Gasteiger partial charge in [0.05, 0.1) is 17.7 Å². The molecule has 6 aliphatic rings. The molecule has 6 rings (SSSR count). The molecule has 5 aliphatic carbocycles. The van der Waals surface area contributed by atoms with Gasteiger partial charge in [-0.25, -0.2) is 0 Å². The molecule has 23 heavy (non-hydrogen) atoms. The maximum atomic E-state index is 13.1. The first kappa shape index (κ1) is 14.2. The first-order valence-corrected chi connectivity index (χ1v) is 9.13. The van der Waals surface area contributed by atoms with Crippen molar-refractivity contribution in [1.29, 1.82) is 5.26 Å². The summed E-state index contributed by atoms with van der Waals surface area (Å²) in [5.41, 5.74) is 5.71. The topological polar surface area (TPSA) is 90.4 Å². The highest BCUT2D eigenvalue weighted by molar-refractivity contribution is 5.84. The van der Waals surface area contributed by atoms with E-state index in [-0.39, 0.29) is 23.4 Å². The normalized spacial score (nSPS) is 53.8. The minimum Gasteiger partial charge on any atom is -0.390 e. The van der Waals surface area contributed by atoms with E-state index >= 15 is 0 Å². The Bertz CT molecular complexity index is 598. The summed E-state index contributed by atoms with van der Waals surface area (Å²) in [4.78, 5) is 14.9. The molecule has 3 N–H and O–H groups in total. The highest BCUT2D eigenvalue weighted by atomic mass is 16.3. The van der Waals surface area contributed by atoms with Gasteiger partial charge in [0.2, 0.25) is 5.91 Å². The van der Waals surface area contributed by atoms with E-state index in [4.69, 9.17) is 5.73 Å². The van der Waals surface area contributed by atoms with Crippen molar-refractivity contribution in [1.82, 2.24) is 4.90 Å². The number of likely N-dealkylation sites (tertiary alicyclic amines) is 1. The first-order valence-electron chi connectivity index (χ1n) is 9.13. The fourth-order valence-corrected chi connectivity index (χ4v) is 6.96. The number of piperidine rings is 1. The second-order valence-electron chi connectivity index (χ2n) is 9.21. The number of nitriles is 1. The predicted molar refractivity (Wildman–Crippen MR) is 82.8 cm³/mol. The summed E-state index contributed by atoms with van der Waals surface area (Å²) in [6.45, 7) is 0. The fourth-order valence-electron chi connectivity index (χ4n) is 6.96.